The molecule has 0 fully saturated rings. The van der Waals surface area contributed by atoms with E-state index < -0.39 is 17.9 Å². The molecule has 0 atom stereocenters. The van der Waals surface area contributed by atoms with Crippen LogP contribution in [0.1, 0.15) is 35.7 Å². The van der Waals surface area contributed by atoms with Gasteiger partial charge in [0.2, 0.25) is 0 Å². The first kappa shape index (κ1) is 17.5. The summed E-state index contributed by atoms with van der Waals surface area (Å²) in [4.78, 5) is 35.7. The lowest BCUT2D eigenvalue weighted by molar-refractivity contribution is -0.137. The molecular formula is C18H19NO5. The van der Waals surface area contributed by atoms with Gasteiger partial charge in [-0.05, 0) is 25.5 Å². The summed E-state index contributed by atoms with van der Waals surface area (Å²) in [5, 5.41) is 3.03. The summed E-state index contributed by atoms with van der Waals surface area (Å²) in [6, 6.07) is 6.76. The van der Waals surface area contributed by atoms with Crippen LogP contribution in [0.3, 0.4) is 0 Å². The van der Waals surface area contributed by atoms with E-state index in [1.54, 1.807) is 38.1 Å². The number of aldehydes is 1. The number of hydrogen-bond donors (Lipinski definition) is 1. The first-order chi connectivity index (χ1) is 11.4. The van der Waals surface area contributed by atoms with Gasteiger partial charge < -0.3 is 14.8 Å². The predicted molar refractivity (Wildman–Crippen MR) is 87.1 cm³/mol. The fraction of sp³-hybridized carbons (Fsp3) is 0.278. The monoisotopic (exact) mass is 329 g/mol. The van der Waals surface area contributed by atoms with Crippen molar-refractivity contribution in [3.63, 3.8) is 0 Å². The quantitative estimate of drug-likeness (QED) is 0.673. The maximum atomic E-state index is 12.3. The van der Waals surface area contributed by atoms with Crippen LogP contribution in [0.5, 0.6) is 0 Å². The highest BCUT2D eigenvalue weighted by Gasteiger charge is 2.37. The molecule has 24 heavy (non-hydrogen) atoms. The van der Waals surface area contributed by atoms with Gasteiger partial charge in [0.15, 0.2) is 0 Å². The zero-order valence-electron chi connectivity index (χ0n) is 14.0. The maximum absolute atomic E-state index is 12.3. The zero-order valence-corrected chi connectivity index (χ0v) is 14.0. The number of benzene rings is 1. The number of ether oxygens (including phenoxy) is 2. The Morgan fingerprint density at radius 2 is 1.58 bits per heavy atom. The highest BCUT2D eigenvalue weighted by Crippen LogP contribution is 2.39. The van der Waals surface area contributed by atoms with E-state index in [2.05, 4.69) is 5.32 Å². The molecule has 0 radical (unpaired) electrons. The molecule has 1 aliphatic heterocycles. The molecule has 0 bridgehead atoms. The van der Waals surface area contributed by atoms with E-state index in [0.717, 1.165) is 0 Å². The van der Waals surface area contributed by atoms with Crippen molar-refractivity contribution in [1.82, 2.24) is 5.32 Å². The molecule has 1 aromatic carbocycles. The average molecular weight is 329 g/mol. The van der Waals surface area contributed by atoms with Gasteiger partial charge in [-0.3, -0.25) is 4.79 Å². The van der Waals surface area contributed by atoms with Gasteiger partial charge in [0.05, 0.1) is 31.3 Å². The van der Waals surface area contributed by atoms with E-state index in [1.807, 2.05) is 0 Å². The normalized spacial score (nSPS) is 15.0. The number of dihydropyridines is 1. The van der Waals surface area contributed by atoms with Crippen LogP contribution in [0.25, 0.3) is 0 Å². The van der Waals surface area contributed by atoms with Crippen LogP contribution in [-0.2, 0) is 19.1 Å². The summed E-state index contributed by atoms with van der Waals surface area (Å²) >= 11 is 0. The molecule has 0 saturated heterocycles. The molecule has 6 heteroatoms. The topological polar surface area (TPSA) is 81.7 Å². The molecule has 2 rings (SSSR count). The molecule has 0 aromatic heterocycles. The Hall–Kier alpha value is -2.89. The van der Waals surface area contributed by atoms with Gasteiger partial charge in [0, 0.05) is 17.0 Å². The minimum atomic E-state index is -0.675. The fourth-order valence-corrected chi connectivity index (χ4v) is 2.90. The lowest BCUT2D eigenvalue weighted by atomic mass is 9.80. The molecule has 0 amide bonds. The van der Waals surface area contributed by atoms with Crippen LogP contribution >= 0.6 is 0 Å². The smallest absolute Gasteiger partial charge is 0.336 e. The number of esters is 2. The third kappa shape index (κ3) is 3.08. The summed E-state index contributed by atoms with van der Waals surface area (Å²) in [6.45, 7) is 3.47. The van der Waals surface area contributed by atoms with Crippen molar-refractivity contribution in [1.29, 1.82) is 0 Å². The van der Waals surface area contributed by atoms with E-state index in [4.69, 9.17) is 9.47 Å². The number of methoxy groups -OCH3 is 2. The molecule has 1 heterocycles. The SMILES string of the molecule is COC(=O)C1=C(C)NC(C)=C(C(=O)OC)C1c1cccc(C=O)c1. The van der Waals surface area contributed by atoms with Crippen molar-refractivity contribution >= 4 is 18.2 Å². The number of allylic oxidation sites excluding steroid dienone is 2. The molecule has 6 nitrogen and oxygen atoms in total. The van der Waals surface area contributed by atoms with E-state index in [0.29, 0.717) is 40.0 Å². The molecule has 0 aliphatic carbocycles. The molecule has 0 unspecified atom stereocenters. The van der Waals surface area contributed by atoms with Crippen molar-refractivity contribution in [2.24, 2.45) is 0 Å². The summed E-state index contributed by atoms with van der Waals surface area (Å²) < 4.78 is 9.77. The molecule has 126 valence electrons. The fourth-order valence-electron chi connectivity index (χ4n) is 2.90. The van der Waals surface area contributed by atoms with Gasteiger partial charge in [-0.25, -0.2) is 9.59 Å². The van der Waals surface area contributed by atoms with Crippen LogP contribution in [0.4, 0.5) is 0 Å². The van der Waals surface area contributed by atoms with Crippen molar-refractivity contribution in [2.45, 2.75) is 19.8 Å². The molecule has 1 N–H and O–H groups in total. The van der Waals surface area contributed by atoms with Crippen LogP contribution in [-0.4, -0.2) is 32.4 Å². The Bertz CT molecular complexity index is 722. The maximum Gasteiger partial charge on any atom is 0.336 e. The standard InChI is InChI=1S/C18H19NO5/c1-10-14(17(21)23-3)16(13-7-5-6-12(8-13)9-20)15(11(2)19-10)18(22)24-4/h5-9,16,19H,1-4H3. The Balaban J connectivity index is 2.71. The molecule has 1 aliphatic rings. The van der Waals surface area contributed by atoms with Crippen LogP contribution in [0.15, 0.2) is 46.8 Å². The summed E-state index contributed by atoms with van der Waals surface area (Å²) in [7, 11) is 2.56. The minimum absolute atomic E-state index is 0.312. The van der Waals surface area contributed by atoms with Gasteiger partial charge in [-0.1, -0.05) is 18.2 Å². The predicted octanol–water partition coefficient (Wildman–Crippen LogP) is 2.08. The Kier molecular flexibility index (Phi) is 5.18. The Morgan fingerprint density at radius 3 is 2.04 bits per heavy atom. The number of nitrogens with one attached hydrogen (secondary N) is 1. The first-order valence-corrected chi connectivity index (χ1v) is 7.34. The highest BCUT2D eigenvalue weighted by atomic mass is 16.5. The van der Waals surface area contributed by atoms with Crippen molar-refractivity contribution in [3.8, 4) is 0 Å². The zero-order chi connectivity index (χ0) is 17.9. The Morgan fingerprint density at radius 1 is 1.04 bits per heavy atom. The Labute approximate surface area is 140 Å². The summed E-state index contributed by atoms with van der Waals surface area (Å²) in [5.74, 6) is -1.77. The molecule has 0 saturated carbocycles. The van der Waals surface area contributed by atoms with Gasteiger partial charge >= 0.3 is 11.9 Å². The van der Waals surface area contributed by atoms with Crippen LogP contribution in [0, 0.1) is 0 Å². The third-order valence-corrected chi connectivity index (χ3v) is 3.95. The molecule has 1 aromatic rings. The van der Waals surface area contributed by atoms with Gasteiger partial charge in [0.1, 0.15) is 6.29 Å². The molecular weight excluding hydrogens is 310 g/mol. The van der Waals surface area contributed by atoms with Crippen LogP contribution in [0.2, 0.25) is 0 Å². The number of hydrogen-bond acceptors (Lipinski definition) is 6. The van der Waals surface area contributed by atoms with Gasteiger partial charge in [0.25, 0.3) is 0 Å². The van der Waals surface area contributed by atoms with Crippen LogP contribution < -0.4 is 5.32 Å². The second kappa shape index (κ2) is 7.12. The number of carbonyl (C=O) groups excluding carboxylic acids is 3. The number of rotatable bonds is 4. The van der Waals surface area contributed by atoms with E-state index >= 15 is 0 Å². The minimum Gasteiger partial charge on any atom is -0.466 e. The largest absolute Gasteiger partial charge is 0.466 e. The second-order valence-electron chi connectivity index (χ2n) is 5.41. The molecule has 0 spiro atoms. The highest BCUT2D eigenvalue weighted by molar-refractivity contribution is 5.99. The number of carbonyl (C=O) groups is 3. The lowest BCUT2D eigenvalue weighted by Crippen LogP contribution is -2.32. The van der Waals surface area contributed by atoms with E-state index in [1.165, 1.54) is 14.2 Å². The van der Waals surface area contributed by atoms with E-state index in [-0.39, 0.29) is 0 Å². The van der Waals surface area contributed by atoms with E-state index in [9.17, 15) is 14.4 Å². The third-order valence-electron chi connectivity index (χ3n) is 3.95. The lowest BCUT2D eigenvalue weighted by Gasteiger charge is -2.30. The average Bonchev–Trinajstić information content (AvgIpc) is 2.59. The summed E-state index contributed by atoms with van der Waals surface area (Å²) in [5.41, 5.74) is 2.90. The second-order valence-corrected chi connectivity index (χ2v) is 5.41. The van der Waals surface area contributed by atoms with Crippen molar-refractivity contribution in [2.75, 3.05) is 14.2 Å². The van der Waals surface area contributed by atoms with Gasteiger partial charge in [-0.15, -0.1) is 0 Å². The summed E-state index contributed by atoms with van der Waals surface area (Å²) in [6.07, 6.45) is 0.716. The van der Waals surface area contributed by atoms with Crippen molar-refractivity contribution < 1.29 is 23.9 Å². The van der Waals surface area contributed by atoms with Gasteiger partial charge in [-0.2, -0.15) is 0 Å². The van der Waals surface area contributed by atoms with Crippen molar-refractivity contribution in [3.05, 3.63) is 57.9 Å². The first-order valence-electron chi connectivity index (χ1n) is 7.34.